The fraction of sp³-hybridized carbons (Fsp3) is 0.615. The first-order valence-corrected chi connectivity index (χ1v) is 8.43. The largest absolute Gasteiger partial charge is 0.373 e. The van der Waals surface area contributed by atoms with Gasteiger partial charge < -0.3 is 5.32 Å². The Morgan fingerprint density at radius 1 is 1.35 bits per heavy atom. The first-order valence-electron chi connectivity index (χ1n) is 6.99. The summed E-state index contributed by atoms with van der Waals surface area (Å²) in [6.45, 7) is 3.14. The summed E-state index contributed by atoms with van der Waals surface area (Å²) in [5, 5.41) is 2.88. The molecule has 110 valence electrons. The molecule has 0 bridgehead atoms. The molecule has 0 spiro atoms. The zero-order valence-corrected chi connectivity index (χ0v) is 12.4. The topological polar surface area (TPSA) is 65.5 Å². The number of sulfonamides is 1. The summed E-state index contributed by atoms with van der Waals surface area (Å²) in [4.78, 5) is 6.79. The van der Waals surface area contributed by atoms with Gasteiger partial charge >= 0.3 is 0 Å². The van der Waals surface area contributed by atoms with Crippen molar-refractivity contribution in [3.8, 4) is 0 Å². The maximum atomic E-state index is 12.7. The van der Waals surface area contributed by atoms with Gasteiger partial charge in [-0.3, -0.25) is 4.90 Å². The Bertz CT molecular complexity index is 590. The van der Waals surface area contributed by atoms with E-state index in [0.717, 1.165) is 19.5 Å². The van der Waals surface area contributed by atoms with E-state index in [-0.39, 0.29) is 0 Å². The molecule has 1 aromatic heterocycles. The van der Waals surface area contributed by atoms with E-state index < -0.39 is 10.0 Å². The molecule has 0 saturated carbocycles. The SMILES string of the molecule is CNc1cc(S(=O)(=O)N2CCN3CCCC3C2)ccn1. The van der Waals surface area contributed by atoms with Gasteiger partial charge in [-0.25, -0.2) is 13.4 Å². The number of pyridine rings is 1. The van der Waals surface area contributed by atoms with Gasteiger partial charge in [0.15, 0.2) is 0 Å². The van der Waals surface area contributed by atoms with Gasteiger partial charge in [-0.05, 0) is 25.5 Å². The quantitative estimate of drug-likeness (QED) is 0.884. The highest BCUT2D eigenvalue weighted by atomic mass is 32.2. The highest BCUT2D eigenvalue weighted by Crippen LogP contribution is 2.26. The number of anilines is 1. The molecule has 2 saturated heterocycles. The second-order valence-electron chi connectivity index (χ2n) is 5.32. The monoisotopic (exact) mass is 296 g/mol. The smallest absolute Gasteiger partial charge is 0.243 e. The van der Waals surface area contributed by atoms with Crippen molar-refractivity contribution in [2.24, 2.45) is 0 Å². The minimum absolute atomic E-state index is 0.322. The lowest BCUT2D eigenvalue weighted by Crippen LogP contribution is -2.51. The number of rotatable bonds is 3. The number of fused-ring (bicyclic) bond motifs is 1. The molecule has 3 heterocycles. The average molecular weight is 296 g/mol. The zero-order valence-electron chi connectivity index (χ0n) is 11.6. The normalized spacial score (nSPS) is 24.6. The summed E-state index contributed by atoms with van der Waals surface area (Å²) >= 11 is 0. The van der Waals surface area contributed by atoms with Gasteiger partial charge in [-0.1, -0.05) is 0 Å². The molecule has 1 unspecified atom stereocenters. The fourth-order valence-corrected chi connectivity index (χ4v) is 4.52. The molecule has 2 aliphatic heterocycles. The maximum absolute atomic E-state index is 12.7. The van der Waals surface area contributed by atoms with Crippen LogP contribution in [0, 0.1) is 0 Å². The van der Waals surface area contributed by atoms with Gasteiger partial charge in [0.1, 0.15) is 5.82 Å². The fourth-order valence-electron chi connectivity index (χ4n) is 3.04. The molecule has 0 aromatic carbocycles. The van der Waals surface area contributed by atoms with Crippen LogP contribution >= 0.6 is 0 Å². The Hall–Kier alpha value is -1.18. The van der Waals surface area contributed by atoms with Crippen LogP contribution in [-0.2, 0) is 10.0 Å². The van der Waals surface area contributed by atoms with Gasteiger partial charge in [0, 0.05) is 45.0 Å². The van der Waals surface area contributed by atoms with Crippen molar-refractivity contribution in [2.75, 3.05) is 38.5 Å². The molecule has 20 heavy (non-hydrogen) atoms. The van der Waals surface area contributed by atoms with E-state index in [4.69, 9.17) is 0 Å². The Morgan fingerprint density at radius 2 is 2.20 bits per heavy atom. The lowest BCUT2D eigenvalue weighted by atomic mass is 10.2. The van der Waals surface area contributed by atoms with E-state index in [2.05, 4.69) is 15.2 Å². The molecule has 1 atom stereocenters. The Kier molecular flexibility index (Phi) is 3.66. The Balaban J connectivity index is 1.84. The van der Waals surface area contributed by atoms with Gasteiger partial charge in [-0.2, -0.15) is 4.31 Å². The van der Waals surface area contributed by atoms with Crippen LogP contribution in [0.15, 0.2) is 23.2 Å². The molecule has 7 heteroatoms. The summed E-state index contributed by atoms with van der Waals surface area (Å²) in [5.41, 5.74) is 0. The molecule has 0 radical (unpaired) electrons. The average Bonchev–Trinajstić information content (AvgIpc) is 2.94. The van der Waals surface area contributed by atoms with Crippen molar-refractivity contribution in [1.29, 1.82) is 0 Å². The van der Waals surface area contributed by atoms with Crippen molar-refractivity contribution < 1.29 is 8.42 Å². The third kappa shape index (κ3) is 2.41. The second kappa shape index (κ2) is 5.31. The van der Waals surface area contributed by atoms with Crippen molar-refractivity contribution in [3.05, 3.63) is 18.3 Å². The van der Waals surface area contributed by atoms with E-state index in [0.29, 0.717) is 29.8 Å². The van der Waals surface area contributed by atoms with Crippen LogP contribution in [0.1, 0.15) is 12.8 Å². The summed E-state index contributed by atoms with van der Waals surface area (Å²) in [6, 6.07) is 3.55. The van der Waals surface area contributed by atoms with Crippen molar-refractivity contribution in [2.45, 2.75) is 23.8 Å². The summed E-state index contributed by atoms with van der Waals surface area (Å²) < 4.78 is 27.0. The van der Waals surface area contributed by atoms with Crippen LogP contribution in [0.4, 0.5) is 5.82 Å². The minimum atomic E-state index is -3.41. The number of hydrogen-bond donors (Lipinski definition) is 1. The number of aromatic nitrogens is 1. The zero-order chi connectivity index (χ0) is 14.2. The lowest BCUT2D eigenvalue weighted by molar-refractivity contribution is 0.158. The minimum Gasteiger partial charge on any atom is -0.373 e. The molecule has 0 aliphatic carbocycles. The van der Waals surface area contributed by atoms with Gasteiger partial charge in [0.05, 0.1) is 4.90 Å². The van der Waals surface area contributed by atoms with Crippen LogP contribution in [0.5, 0.6) is 0 Å². The molecular weight excluding hydrogens is 276 g/mol. The van der Waals surface area contributed by atoms with Crippen LogP contribution in [0.25, 0.3) is 0 Å². The van der Waals surface area contributed by atoms with E-state index in [1.807, 2.05) is 0 Å². The molecule has 1 aromatic rings. The van der Waals surface area contributed by atoms with E-state index in [1.165, 1.54) is 12.6 Å². The van der Waals surface area contributed by atoms with E-state index in [1.54, 1.807) is 23.5 Å². The standard InChI is InChI=1S/C13H20N4O2S/c1-14-13-9-12(4-5-15-13)20(18,19)17-8-7-16-6-2-3-11(16)10-17/h4-5,9,11H,2-3,6-8,10H2,1H3,(H,14,15). The van der Waals surface area contributed by atoms with Crippen molar-refractivity contribution >= 4 is 15.8 Å². The molecule has 3 rings (SSSR count). The first kappa shape index (κ1) is 13.8. The van der Waals surface area contributed by atoms with Crippen molar-refractivity contribution in [3.63, 3.8) is 0 Å². The van der Waals surface area contributed by atoms with E-state index >= 15 is 0 Å². The number of piperazine rings is 1. The highest BCUT2D eigenvalue weighted by molar-refractivity contribution is 7.89. The maximum Gasteiger partial charge on any atom is 0.243 e. The molecule has 1 N–H and O–H groups in total. The number of nitrogens with one attached hydrogen (secondary N) is 1. The number of hydrogen-bond acceptors (Lipinski definition) is 5. The molecule has 0 amide bonds. The van der Waals surface area contributed by atoms with Crippen molar-refractivity contribution in [1.82, 2.24) is 14.2 Å². The Labute approximate surface area is 119 Å². The second-order valence-corrected chi connectivity index (χ2v) is 7.26. The van der Waals surface area contributed by atoms with Crippen LogP contribution in [0.3, 0.4) is 0 Å². The molecule has 6 nitrogen and oxygen atoms in total. The van der Waals surface area contributed by atoms with Gasteiger partial charge in [0.2, 0.25) is 10.0 Å². The lowest BCUT2D eigenvalue weighted by Gasteiger charge is -2.36. The van der Waals surface area contributed by atoms with Crippen LogP contribution in [-0.4, -0.2) is 61.9 Å². The molecule has 2 aliphatic rings. The predicted molar refractivity (Wildman–Crippen MR) is 77.1 cm³/mol. The predicted octanol–water partition coefficient (Wildman–Crippen LogP) is 0.592. The summed E-state index contributed by atoms with van der Waals surface area (Å²) in [5.74, 6) is 0.575. The Morgan fingerprint density at radius 3 is 3.00 bits per heavy atom. The molecule has 2 fully saturated rings. The van der Waals surface area contributed by atoms with Crippen LogP contribution in [0.2, 0.25) is 0 Å². The molecular formula is C13H20N4O2S. The summed E-state index contributed by atoms with van der Waals surface area (Å²) in [7, 11) is -1.67. The first-order chi connectivity index (χ1) is 9.61. The third-order valence-corrected chi connectivity index (χ3v) is 6.04. The van der Waals surface area contributed by atoms with Crippen LogP contribution < -0.4 is 5.32 Å². The third-order valence-electron chi connectivity index (χ3n) is 4.18. The number of nitrogens with zero attached hydrogens (tertiary/aromatic N) is 3. The van der Waals surface area contributed by atoms with E-state index in [9.17, 15) is 8.42 Å². The van der Waals surface area contributed by atoms with Gasteiger partial charge in [0.25, 0.3) is 0 Å². The van der Waals surface area contributed by atoms with Gasteiger partial charge in [-0.15, -0.1) is 0 Å². The highest BCUT2D eigenvalue weighted by Gasteiger charge is 2.36. The summed E-state index contributed by atoms with van der Waals surface area (Å²) in [6.07, 6.45) is 3.81.